The molecule has 1 aromatic carbocycles. The van der Waals surface area contributed by atoms with Gasteiger partial charge in [-0.15, -0.1) is 0 Å². The van der Waals surface area contributed by atoms with Gasteiger partial charge in [0.05, 0.1) is 25.2 Å². The van der Waals surface area contributed by atoms with Crippen molar-refractivity contribution in [1.29, 1.82) is 0 Å². The van der Waals surface area contributed by atoms with E-state index in [2.05, 4.69) is 27.1 Å². The van der Waals surface area contributed by atoms with E-state index in [4.69, 9.17) is 4.74 Å². The summed E-state index contributed by atoms with van der Waals surface area (Å²) in [5.41, 5.74) is 1.96. The number of aromatic nitrogens is 2. The minimum absolute atomic E-state index is 0.289. The van der Waals surface area contributed by atoms with Crippen molar-refractivity contribution in [3.05, 3.63) is 41.9 Å². The number of hydrogen-bond donors (Lipinski definition) is 1. The van der Waals surface area contributed by atoms with Crippen LogP contribution in [0.2, 0.25) is 0 Å². The molecule has 132 valence electrons. The summed E-state index contributed by atoms with van der Waals surface area (Å²) in [6.45, 7) is 6.19. The fourth-order valence-corrected chi connectivity index (χ4v) is 3.11. The highest BCUT2D eigenvalue weighted by atomic mass is 16.5. The van der Waals surface area contributed by atoms with Crippen LogP contribution in [0.1, 0.15) is 35.8 Å². The monoisotopic (exact) mass is 340 g/mol. The maximum absolute atomic E-state index is 12.5. The zero-order valence-electron chi connectivity index (χ0n) is 15.0. The largest absolute Gasteiger partial charge is 0.495 e. The third-order valence-corrected chi connectivity index (χ3v) is 4.46. The molecule has 3 rings (SSSR count). The Morgan fingerprint density at radius 3 is 2.84 bits per heavy atom. The first-order chi connectivity index (χ1) is 12.1. The molecule has 1 fully saturated rings. The number of carbonyl (C=O) groups is 1. The third-order valence-electron chi connectivity index (χ3n) is 4.46. The molecule has 6 nitrogen and oxygen atoms in total. The van der Waals surface area contributed by atoms with Crippen LogP contribution in [-0.4, -0.2) is 36.1 Å². The second-order valence-corrected chi connectivity index (χ2v) is 6.61. The molecular formula is C19H24N4O2. The fraction of sp³-hybridized carbons (Fsp3) is 0.421. The van der Waals surface area contributed by atoms with Crippen molar-refractivity contribution in [3.8, 4) is 5.75 Å². The predicted octanol–water partition coefficient (Wildman–Crippen LogP) is 3.28. The van der Waals surface area contributed by atoms with Gasteiger partial charge < -0.3 is 15.0 Å². The second-order valence-electron chi connectivity index (χ2n) is 6.61. The number of amides is 1. The van der Waals surface area contributed by atoms with E-state index in [9.17, 15) is 4.79 Å². The number of methoxy groups -OCH3 is 1. The number of hydrogen-bond acceptors (Lipinski definition) is 5. The lowest BCUT2D eigenvalue weighted by atomic mass is 10.0. The smallest absolute Gasteiger partial charge is 0.275 e. The van der Waals surface area contributed by atoms with Crippen molar-refractivity contribution in [1.82, 2.24) is 9.97 Å². The lowest BCUT2D eigenvalue weighted by Crippen LogP contribution is -2.35. The minimum Gasteiger partial charge on any atom is -0.495 e. The fourth-order valence-electron chi connectivity index (χ4n) is 3.11. The summed E-state index contributed by atoms with van der Waals surface area (Å²) in [5.74, 6) is 1.81. The SMILES string of the molecule is COc1ccc(C)cc1NC(=O)c1cnc(N2CCCC(C)C2)cn1. The summed E-state index contributed by atoms with van der Waals surface area (Å²) in [7, 11) is 1.58. The molecule has 6 heteroatoms. The predicted molar refractivity (Wildman–Crippen MR) is 98.3 cm³/mol. The van der Waals surface area contributed by atoms with Crippen molar-refractivity contribution in [2.24, 2.45) is 5.92 Å². The summed E-state index contributed by atoms with van der Waals surface area (Å²) in [6.07, 6.45) is 5.63. The Hall–Kier alpha value is -2.63. The summed E-state index contributed by atoms with van der Waals surface area (Å²) in [4.78, 5) is 23.4. The summed E-state index contributed by atoms with van der Waals surface area (Å²) >= 11 is 0. The van der Waals surface area contributed by atoms with Gasteiger partial charge in [-0.1, -0.05) is 13.0 Å². The van der Waals surface area contributed by atoms with Crippen LogP contribution in [0.5, 0.6) is 5.75 Å². The molecule has 1 atom stereocenters. The van der Waals surface area contributed by atoms with Crippen LogP contribution in [0, 0.1) is 12.8 Å². The molecule has 1 aromatic heterocycles. The number of nitrogens with zero attached hydrogens (tertiary/aromatic N) is 3. The van der Waals surface area contributed by atoms with Gasteiger partial charge in [-0.3, -0.25) is 4.79 Å². The van der Waals surface area contributed by atoms with Gasteiger partial charge in [-0.2, -0.15) is 0 Å². The van der Waals surface area contributed by atoms with E-state index in [1.165, 1.54) is 12.6 Å². The van der Waals surface area contributed by atoms with E-state index in [1.54, 1.807) is 13.3 Å². The minimum atomic E-state index is -0.296. The van der Waals surface area contributed by atoms with E-state index in [1.807, 2.05) is 25.1 Å². The maximum atomic E-state index is 12.5. The number of rotatable bonds is 4. The average Bonchev–Trinajstić information content (AvgIpc) is 2.62. The van der Waals surface area contributed by atoms with Crippen molar-refractivity contribution in [2.45, 2.75) is 26.7 Å². The van der Waals surface area contributed by atoms with Crippen molar-refractivity contribution >= 4 is 17.4 Å². The van der Waals surface area contributed by atoms with Crippen molar-refractivity contribution in [3.63, 3.8) is 0 Å². The Labute approximate surface area is 148 Å². The number of anilines is 2. The Bertz CT molecular complexity index is 746. The molecule has 2 heterocycles. The van der Waals surface area contributed by atoms with E-state index < -0.39 is 0 Å². The molecular weight excluding hydrogens is 316 g/mol. The van der Waals surface area contributed by atoms with Crippen LogP contribution in [0.15, 0.2) is 30.6 Å². The third kappa shape index (κ3) is 4.07. The van der Waals surface area contributed by atoms with Gasteiger partial charge in [0.25, 0.3) is 5.91 Å². The molecule has 1 saturated heterocycles. The normalized spacial score (nSPS) is 17.2. The number of ether oxygens (including phenoxy) is 1. The van der Waals surface area contributed by atoms with E-state index in [0.717, 1.165) is 30.9 Å². The zero-order chi connectivity index (χ0) is 17.8. The van der Waals surface area contributed by atoms with E-state index >= 15 is 0 Å². The highest BCUT2D eigenvalue weighted by Crippen LogP contribution is 2.26. The first-order valence-electron chi connectivity index (χ1n) is 8.60. The van der Waals surface area contributed by atoms with Gasteiger partial charge in [-0.25, -0.2) is 9.97 Å². The molecule has 0 bridgehead atoms. The van der Waals surface area contributed by atoms with E-state index in [0.29, 0.717) is 17.4 Å². The number of benzene rings is 1. The van der Waals surface area contributed by atoms with Crippen molar-refractivity contribution < 1.29 is 9.53 Å². The quantitative estimate of drug-likeness (QED) is 0.925. The van der Waals surface area contributed by atoms with Gasteiger partial charge >= 0.3 is 0 Å². The Kier molecular flexibility index (Phi) is 5.16. The number of aryl methyl sites for hydroxylation is 1. The maximum Gasteiger partial charge on any atom is 0.275 e. The van der Waals surface area contributed by atoms with Crippen LogP contribution in [-0.2, 0) is 0 Å². The molecule has 25 heavy (non-hydrogen) atoms. The summed E-state index contributed by atoms with van der Waals surface area (Å²) in [6, 6.07) is 5.63. The van der Waals surface area contributed by atoms with Gasteiger partial charge in [0.1, 0.15) is 17.3 Å². The van der Waals surface area contributed by atoms with Crippen molar-refractivity contribution in [2.75, 3.05) is 30.4 Å². The molecule has 0 saturated carbocycles. The zero-order valence-corrected chi connectivity index (χ0v) is 15.0. The Morgan fingerprint density at radius 2 is 2.16 bits per heavy atom. The molecule has 0 radical (unpaired) electrons. The van der Waals surface area contributed by atoms with E-state index in [-0.39, 0.29) is 11.6 Å². The first-order valence-corrected chi connectivity index (χ1v) is 8.60. The van der Waals surface area contributed by atoms with Gasteiger partial charge in [0, 0.05) is 13.1 Å². The number of piperidine rings is 1. The molecule has 1 N–H and O–H groups in total. The molecule has 0 aliphatic carbocycles. The van der Waals surface area contributed by atoms with Crippen LogP contribution in [0.3, 0.4) is 0 Å². The van der Waals surface area contributed by atoms with Gasteiger partial charge in [0.2, 0.25) is 0 Å². The lowest BCUT2D eigenvalue weighted by molar-refractivity contribution is 0.102. The molecule has 1 aliphatic heterocycles. The summed E-state index contributed by atoms with van der Waals surface area (Å²) in [5, 5.41) is 2.84. The van der Waals surface area contributed by atoms with Crippen LogP contribution >= 0.6 is 0 Å². The van der Waals surface area contributed by atoms with Crippen LogP contribution in [0.4, 0.5) is 11.5 Å². The second kappa shape index (κ2) is 7.51. The highest BCUT2D eigenvalue weighted by molar-refractivity contribution is 6.03. The first kappa shape index (κ1) is 17.2. The van der Waals surface area contributed by atoms with Gasteiger partial charge in [0.15, 0.2) is 0 Å². The molecule has 1 aliphatic rings. The highest BCUT2D eigenvalue weighted by Gasteiger charge is 2.18. The molecule has 2 aromatic rings. The number of carbonyl (C=O) groups excluding carboxylic acids is 1. The molecule has 1 amide bonds. The lowest BCUT2D eigenvalue weighted by Gasteiger charge is -2.31. The summed E-state index contributed by atoms with van der Waals surface area (Å²) < 4.78 is 5.29. The Morgan fingerprint density at radius 1 is 1.32 bits per heavy atom. The van der Waals surface area contributed by atoms with Gasteiger partial charge in [-0.05, 0) is 43.4 Å². The molecule has 1 unspecified atom stereocenters. The average molecular weight is 340 g/mol. The van der Waals surface area contributed by atoms with Crippen LogP contribution < -0.4 is 15.0 Å². The number of nitrogens with one attached hydrogen (secondary N) is 1. The molecule has 0 spiro atoms. The Balaban J connectivity index is 1.72. The topological polar surface area (TPSA) is 67.3 Å². The standard InChI is InChI=1S/C19H24N4O2/c1-13-6-7-17(25-3)15(9-13)22-19(24)16-10-21-18(11-20-16)23-8-4-5-14(2)12-23/h6-7,9-11,14H,4-5,8,12H2,1-3H3,(H,22,24). The van der Waals surface area contributed by atoms with Crippen LogP contribution in [0.25, 0.3) is 0 Å².